The van der Waals surface area contributed by atoms with Gasteiger partial charge in [-0.05, 0) is 12.5 Å². The van der Waals surface area contributed by atoms with Crippen LogP contribution >= 0.6 is 0 Å². The second kappa shape index (κ2) is 6.28. The van der Waals surface area contributed by atoms with Crippen LogP contribution in [-0.2, 0) is 9.59 Å². The van der Waals surface area contributed by atoms with Crippen molar-refractivity contribution in [2.24, 2.45) is 0 Å². The molecule has 1 atom stereocenters. The van der Waals surface area contributed by atoms with Gasteiger partial charge >= 0.3 is 11.9 Å². The molecule has 96 valence electrons. The number of amides is 1. The predicted molar refractivity (Wildman–Crippen MR) is 57.8 cm³/mol. The summed E-state index contributed by atoms with van der Waals surface area (Å²) in [6.45, 7) is 0. The quantitative estimate of drug-likeness (QED) is 0.624. The van der Waals surface area contributed by atoms with Gasteiger partial charge in [-0.25, -0.2) is 4.79 Å². The molecule has 3 N–H and O–H groups in total. The summed E-state index contributed by atoms with van der Waals surface area (Å²) in [5, 5.41) is 26.5. The Morgan fingerprint density at radius 1 is 1.28 bits per heavy atom. The van der Waals surface area contributed by atoms with Crippen molar-refractivity contribution >= 4 is 17.8 Å². The van der Waals surface area contributed by atoms with E-state index in [9.17, 15) is 14.4 Å². The van der Waals surface area contributed by atoms with Crippen LogP contribution in [-0.4, -0.2) is 44.3 Å². The summed E-state index contributed by atoms with van der Waals surface area (Å²) in [4.78, 5) is 32.8. The number of carbonyl (C=O) groups excluding carboxylic acids is 1. The highest BCUT2D eigenvalue weighted by molar-refractivity contribution is 5.96. The van der Waals surface area contributed by atoms with E-state index in [0.717, 1.165) is 0 Å². The zero-order chi connectivity index (χ0) is 13.5. The lowest BCUT2D eigenvalue weighted by molar-refractivity contribution is -0.140. The molecule has 0 saturated heterocycles. The number of nitrogens with zero attached hydrogens (tertiary/aromatic N) is 2. The number of carboxylic acid groups (broad SMARTS) is 2. The normalized spacial score (nSPS) is 11.6. The number of hydrogen-bond acceptors (Lipinski definition) is 5. The molecular weight excluding hydrogens is 242 g/mol. The van der Waals surface area contributed by atoms with Crippen LogP contribution in [0.15, 0.2) is 18.5 Å². The average Bonchev–Trinajstić information content (AvgIpc) is 2.34. The third-order valence-electron chi connectivity index (χ3n) is 2.10. The molecule has 0 radical (unpaired) electrons. The summed E-state index contributed by atoms with van der Waals surface area (Å²) in [6, 6.07) is 0.125. The second-order valence-electron chi connectivity index (χ2n) is 3.43. The molecule has 0 aliphatic heterocycles. The van der Waals surface area contributed by atoms with Crippen molar-refractivity contribution in [3.63, 3.8) is 0 Å². The van der Waals surface area contributed by atoms with Gasteiger partial charge < -0.3 is 15.5 Å². The summed E-state index contributed by atoms with van der Waals surface area (Å²) in [6.07, 6.45) is 1.95. The highest BCUT2D eigenvalue weighted by Crippen LogP contribution is 2.01. The zero-order valence-corrected chi connectivity index (χ0v) is 9.24. The largest absolute Gasteiger partial charge is 0.481 e. The zero-order valence-electron chi connectivity index (χ0n) is 9.24. The van der Waals surface area contributed by atoms with Gasteiger partial charge in [0.05, 0.1) is 18.0 Å². The minimum Gasteiger partial charge on any atom is -0.481 e. The van der Waals surface area contributed by atoms with Crippen LogP contribution < -0.4 is 5.32 Å². The molecule has 1 aromatic heterocycles. The Bertz CT molecular complexity index is 448. The molecule has 0 aromatic carbocycles. The number of aromatic nitrogens is 2. The van der Waals surface area contributed by atoms with E-state index in [4.69, 9.17) is 10.2 Å². The van der Waals surface area contributed by atoms with Gasteiger partial charge in [0.25, 0.3) is 5.91 Å². The van der Waals surface area contributed by atoms with Gasteiger partial charge in [0.15, 0.2) is 0 Å². The Hall–Kier alpha value is -2.51. The van der Waals surface area contributed by atoms with Crippen molar-refractivity contribution < 1.29 is 24.6 Å². The molecule has 1 rings (SSSR count). The molecule has 0 fully saturated rings. The minimum atomic E-state index is -1.29. The maximum absolute atomic E-state index is 11.6. The Morgan fingerprint density at radius 2 is 2.00 bits per heavy atom. The van der Waals surface area contributed by atoms with Gasteiger partial charge in [0.1, 0.15) is 6.04 Å². The third kappa shape index (κ3) is 4.16. The Balaban J connectivity index is 2.64. The number of aliphatic carboxylic acids is 2. The Morgan fingerprint density at radius 3 is 2.50 bits per heavy atom. The third-order valence-corrected chi connectivity index (χ3v) is 2.10. The molecule has 8 heteroatoms. The van der Waals surface area contributed by atoms with Crippen LogP contribution in [0.2, 0.25) is 0 Å². The second-order valence-corrected chi connectivity index (χ2v) is 3.43. The van der Waals surface area contributed by atoms with E-state index in [1.165, 1.54) is 18.5 Å². The molecule has 8 nitrogen and oxygen atoms in total. The van der Waals surface area contributed by atoms with E-state index < -0.39 is 23.9 Å². The first kappa shape index (κ1) is 13.6. The summed E-state index contributed by atoms with van der Waals surface area (Å²) in [5.41, 5.74) is 0.159. The minimum absolute atomic E-state index is 0.159. The Kier molecular flexibility index (Phi) is 4.73. The van der Waals surface area contributed by atoms with E-state index in [2.05, 4.69) is 15.5 Å². The first-order valence-electron chi connectivity index (χ1n) is 5.03. The van der Waals surface area contributed by atoms with Gasteiger partial charge in [-0.2, -0.15) is 10.2 Å². The first-order chi connectivity index (χ1) is 8.50. The van der Waals surface area contributed by atoms with Crippen molar-refractivity contribution in [3.8, 4) is 0 Å². The fourth-order valence-electron chi connectivity index (χ4n) is 1.19. The molecule has 0 spiro atoms. The topological polar surface area (TPSA) is 129 Å². The number of carbonyl (C=O) groups is 3. The molecule has 1 amide bonds. The summed E-state index contributed by atoms with van der Waals surface area (Å²) >= 11 is 0. The molecular formula is C10H11N3O5. The molecule has 1 heterocycles. The lowest BCUT2D eigenvalue weighted by Gasteiger charge is -2.13. The molecule has 1 aromatic rings. The van der Waals surface area contributed by atoms with Crippen molar-refractivity contribution in [1.29, 1.82) is 0 Å². The van der Waals surface area contributed by atoms with Crippen LogP contribution in [0, 0.1) is 0 Å². The highest BCUT2D eigenvalue weighted by atomic mass is 16.4. The molecule has 0 aliphatic carbocycles. The monoisotopic (exact) mass is 253 g/mol. The van der Waals surface area contributed by atoms with Crippen molar-refractivity contribution in [3.05, 3.63) is 24.0 Å². The predicted octanol–water partition coefficient (Wildman–Crippen LogP) is -0.476. The maximum atomic E-state index is 11.6. The van der Waals surface area contributed by atoms with Gasteiger partial charge in [-0.15, -0.1) is 0 Å². The molecule has 0 saturated carbocycles. The fraction of sp³-hybridized carbons (Fsp3) is 0.300. The molecule has 1 unspecified atom stereocenters. The Labute approximate surface area is 102 Å². The molecule has 18 heavy (non-hydrogen) atoms. The standard InChI is InChI=1S/C10H11N3O5/c14-8(15)2-1-7(10(17)18)13-9(16)6-3-4-11-12-5-6/h3-5,7H,1-2H2,(H,13,16)(H,14,15)(H,17,18). The van der Waals surface area contributed by atoms with E-state index in [1.807, 2.05) is 0 Å². The van der Waals surface area contributed by atoms with Gasteiger partial charge in [0.2, 0.25) is 0 Å². The van der Waals surface area contributed by atoms with Crippen LogP contribution in [0.5, 0.6) is 0 Å². The van der Waals surface area contributed by atoms with Crippen molar-refractivity contribution in [2.75, 3.05) is 0 Å². The van der Waals surface area contributed by atoms with Crippen LogP contribution in [0.4, 0.5) is 0 Å². The number of nitrogens with one attached hydrogen (secondary N) is 1. The van der Waals surface area contributed by atoms with E-state index in [1.54, 1.807) is 0 Å². The summed E-state index contributed by atoms with van der Waals surface area (Å²) in [5.74, 6) is -3.05. The number of hydrogen-bond donors (Lipinski definition) is 3. The molecule has 0 bridgehead atoms. The summed E-state index contributed by atoms with van der Waals surface area (Å²) < 4.78 is 0. The number of rotatable bonds is 6. The maximum Gasteiger partial charge on any atom is 0.326 e. The van der Waals surface area contributed by atoms with Gasteiger partial charge in [-0.3, -0.25) is 9.59 Å². The van der Waals surface area contributed by atoms with Crippen molar-refractivity contribution in [2.45, 2.75) is 18.9 Å². The van der Waals surface area contributed by atoms with Crippen LogP contribution in [0.3, 0.4) is 0 Å². The molecule has 0 aliphatic rings. The number of carboxylic acids is 2. The average molecular weight is 253 g/mol. The van der Waals surface area contributed by atoms with E-state index in [-0.39, 0.29) is 18.4 Å². The first-order valence-corrected chi connectivity index (χ1v) is 5.03. The highest BCUT2D eigenvalue weighted by Gasteiger charge is 2.21. The summed E-state index contributed by atoms with van der Waals surface area (Å²) in [7, 11) is 0. The van der Waals surface area contributed by atoms with E-state index in [0.29, 0.717) is 0 Å². The lowest BCUT2D eigenvalue weighted by atomic mass is 10.1. The lowest BCUT2D eigenvalue weighted by Crippen LogP contribution is -2.41. The SMILES string of the molecule is O=C(O)CCC(NC(=O)c1ccnnc1)C(=O)O. The fourth-order valence-corrected chi connectivity index (χ4v) is 1.19. The van der Waals surface area contributed by atoms with E-state index >= 15 is 0 Å². The van der Waals surface area contributed by atoms with Gasteiger partial charge in [-0.1, -0.05) is 0 Å². The van der Waals surface area contributed by atoms with Crippen molar-refractivity contribution in [1.82, 2.24) is 15.5 Å². The van der Waals surface area contributed by atoms with Crippen LogP contribution in [0.25, 0.3) is 0 Å². The smallest absolute Gasteiger partial charge is 0.326 e. The van der Waals surface area contributed by atoms with Gasteiger partial charge in [0, 0.05) is 6.42 Å². The van der Waals surface area contributed by atoms with Crippen LogP contribution in [0.1, 0.15) is 23.2 Å².